The van der Waals surface area contributed by atoms with E-state index in [1.807, 2.05) is 6.08 Å². The first-order chi connectivity index (χ1) is 12.3. The average Bonchev–Trinajstić information content (AvgIpc) is 3.11. The van der Waals surface area contributed by atoms with Crippen LogP contribution in [0.4, 0.5) is 0 Å². The Bertz CT molecular complexity index is 364. The van der Waals surface area contributed by atoms with E-state index in [0.717, 1.165) is 12.6 Å². The summed E-state index contributed by atoms with van der Waals surface area (Å²) in [6.45, 7) is 2.28. The molecule has 1 aliphatic heterocycles. The fourth-order valence-corrected chi connectivity index (χ4v) is 3.17. The summed E-state index contributed by atoms with van der Waals surface area (Å²) in [5.41, 5.74) is 0. The lowest BCUT2D eigenvalue weighted by Crippen LogP contribution is -2.05. The zero-order valence-electron chi connectivity index (χ0n) is 16.3. The Hall–Kier alpha value is -1.09. The molecule has 3 heteroatoms. The Morgan fingerprint density at radius 2 is 1.28 bits per heavy atom. The topological polar surface area (TPSA) is 45.0 Å². The number of rotatable bonds is 17. The van der Waals surface area contributed by atoms with Crippen molar-refractivity contribution in [2.75, 3.05) is 0 Å². The highest BCUT2D eigenvalue weighted by Crippen LogP contribution is 2.16. The molecule has 0 aromatic carbocycles. The molecule has 25 heavy (non-hydrogen) atoms. The highest BCUT2D eigenvalue weighted by atomic mass is 16.3. The van der Waals surface area contributed by atoms with Crippen LogP contribution in [0.5, 0.6) is 0 Å². The molecule has 0 aromatic heterocycles. The third kappa shape index (κ3) is 13.8. The minimum absolute atomic E-state index is 0.454. The molecule has 142 valence electrons. The van der Waals surface area contributed by atoms with Gasteiger partial charge in [0.15, 0.2) is 12.4 Å². The maximum absolute atomic E-state index is 9.86. The van der Waals surface area contributed by atoms with E-state index >= 15 is 0 Å². The van der Waals surface area contributed by atoms with Crippen molar-refractivity contribution in [3.8, 4) is 0 Å². The predicted octanol–water partition coefficient (Wildman–Crippen LogP) is 6.42. The van der Waals surface area contributed by atoms with Crippen molar-refractivity contribution in [2.45, 2.75) is 109 Å². The Balaban J connectivity index is 1.77. The fraction of sp³-hybridized carbons (Fsp3) is 0.773. The van der Waals surface area contributed by atoms with E-state index in [1.54, 1.807) is 12.4 Å². The third-order valence-corrected chi connectivity index (χ3v) is 4.74. The summed E-state index contributed by atoms with van der Waals surface area (Å²) in [5.74, 6) is 0. The van der Waals surface area contributed by atoms with Gasteiger partial charge in [-0.05, 0) is 12.8 Å². The van der Waals surface area contributed by atoms with Gasteiger partial charge in [-0.2, -0.15) is 0 Å². The summed E-state index contributed by atoms with van der Waals surface area (Å²) in [5, 5.41) is 9.86. The molecule has 0 aliphatic carbocycles. The predicted molar refractivity (Wildman–Crippen MR) is 110 cm³/mol. The zero-order valence-corrected chi connectivity index (χ0v) is 16.3. The van der Waals surface area contributed by atoms with Crippen molar-refractivity contribution in [1.82, 2.24) is 0 Å². The van der Waals surface area contributed by atoms with E-state index < -0.39 is 6.10 Å². The molecule has 3 nitrogen and oxygen atoms in total. The molecule has 1 rings (SSSR count). The van der Waals surface area contributed by atoms with Gasteiger partial charge in [-0.25, -0.2) is 0 Å². The fourth-order valence-electron chi connectivity index (χ4n) is 3.17. The SMILES string of the molecule is CCCCCCCCCCCCCCCC=CC(O)C[C+]1N=CC=N1. The molecule has 1 heterocycles. The lowest BCUT2D eigenvalue weighted by molar-refractivity contribution is 0.216. The van der Waals surface area contributed by atoms with Crippen LogP contribution in [0, 0.1) is 6.17 Å². The average molecular weight is 348 g/mol. The molecule has 1 aliphatic rings. The molecule has 0 saturated heterocycles. The van der Waals surface area contributed by atoms with Crippen LogP contribution < -0.4 is 0 Å². The van der Waals surface area contributed by atoms with Crippen LogP contribution in [0.15, 0.2) is 22.1 Å². The molecule has 0 amide bonds. The van der Waals surface area contributed by atoms with Crippen molar-refractivity contribution < 1.29 is 5.11 Å². The van der Waals surface area contributed by atoms with E-state index in [4.69, 9.17) is 0 Å². The second kappa shape index (κ2) is 16.4. The van der Waals surface area contributed by atoms with Gasteiger partial charge in [0.2, 0.25) is 6.17 Å². The highest BCUT2D eigenvalue weighted by molar-refractivity contribution is 6.18. The van der Waals surface area contributed by atoms with Gasteiger partial charge in [0.1, 0.15) is 0 Å². The third-order valence-electron chi connectivity index (χ3n) is 4.74. The van der Waals surface area contributed by atoms with Gasteiger partial charge in [-0.3, -0.25) is 0 Å². The standard InChI is InChI=1S/C22H39N2O/c1-2-3-4-5-6-7-8-9-10-11-12-13-14-15-16-17-21(25)20-22-23-18-19-24-22/h16-19,21,25H,2-15,20H2,1H3/q+1. The summed E-state index contributed by atoms with van der Waals surface area (Å²) in [7, 11) is 0. The first kappa shape index (κ1) is 22.0. The molecule has 0 radical (unpaired) electrons. The quantitative estimate of drug-likeness (QED) is 0.184. The number of unbranched alkanes of at least 4 members (excludes halogenated alkanes) is 13. The Labute approximate surface area is 155 Å². The first-order valence-electron chi connectivity index (χ1n) is 10.6. The smallest absolute Gasteiger partial charge is 0.243 e. The molecule has 1 unspecified atom stereocenters. The molecule has 0 aromatic rings. The molecule has 0 spiro atoms. The van der Waals surface area contributed by atoms with E-state index in [2.05, 4.69) is 23.0 Å². The minimum Gasteiger partial charge on any atom is -0.387 e. The molecule has 1 N–H and O–H groups in total. The number of hydrogen-bond donors (Lipinski definition) is 1. The number of allylic oxidation sites excluding steroid dienone is 1. The van der Waals surface area contributed by atoms with E-state index in [0.29, 0.717) is 6.42 Å². The monoisotopic (exact) mass is 347 g/mol. The largest absolute Gasteiger partial charge is 0.387 e. The molecular weight excluding hydrogens is 308 g/mol. The van der Waals surface area contributed by atoms with Crippen LogP contribution in [0.25, 0.3) is 0 Å². The number of aliphatic hydroxyl groups excluding tert-OH is 1. The number of hydrogen-bond acceptors (Lipinski definition) is 3. The molecular formula is C22H39N2O+. The van der Waals surface area contributed by atoms with Crippen LogP contribution in [0.3, 0.4) is 0 Å². The summed E-state index contributed by atoms with van der Waals surface area (Å²) in [6.07, 6.45) is 27.2. The number of nitrogens with zero attached hydrogens (tertiary/aromatic N) is 2. The van der Waals surface area contributed by atoms with Crippen LogP contribution in [-0.2, 0) is 0 Å². The molecule has 0 bridgehead atoms. The Morgan fingerprint density at radius 1 is 0.800 bits per heavy atom. The first-order valence-corrected chi connectivity index (χ1v) is 10.6. The molecule has 1 atom stereocenters. The molecule has 0 saturated carbocycles. The van der Waals surface area contributed by atoms with Crippen molar-refractivity contribution in [3.63, 3.8) is 0 Å². The maximum atomic E-state index is 9.86. The van der Waals surface area contributed by atoms with Crippen LogP contribution in [0.2, 0.25) is 0 Å². The summed E-state index contributed by atoms with van der Waals surface area (Å²) >= 11 is 0. The lowest BCUT2D eigenvalue weighted by atomic mass is 10.0. The van der Waals surface area contributed by atoms with Gasteiger partial charge in [-0.1, -0.05) is 106 Å². The Morgan fingerprint density at radius 3 is 1.80 bits per heavy atom. The summed E-state index contributed by atoms with van der Waals surface area (Å²) in [4.78, 5) is 8.14. The second-order valence-electron chi connectivity index (χ2n) is 7.20. The number of aliphatic imine (C=N–C) groups is 2. The van der Waals surface area contributed by atoms with Gasteiger partial charge < -0.3 is 5.11 Å². The van der Waals surface area contributed by atoms with Gasteiger partial charge in [-0.15, -0.1) is 0 Å². The van der Waals surface area contributed by atoms with E-state index in [9.17, 15) is 5.11 Å². The minimum atomic E-state index is -0.454. The second-order valence-corrected chi connectivity index (χ2v) is 7.20. The van der Waals surface area contributed by atoms with E-state index in [1.165, 1.54) is 83.5 Å². The van der Waals surface area contributed by atoms with Crippen LogP contribution in [0.1, 0.15) is 103 Å². The van der Waals surface area contributed by atoms with Crippen molar-refractivity contribution in [1.29, 1.82) is 0 Å². The highest BCUT2D eigenvalue weighted by Gasteiger charge is 2.18. The lowest BCUT2D eigenvalue weighted by Gasteiger charge is -2.03. The molecule has 0 fully saturated rings. The zero-order chi connectivity index (χ0) is 18.0. The van der Waals surface area contributed by atoms with E-state index in [-0.39, 0.29) is 0 Å². The summed E-state index contributed by atoms with van der Waals surface area (Å²) in [6, 6.07) is 0. The van der Waals surface area contributed by atoms with Crippen molar-refractivity contribution >= 4 is 12.4 Å². The normalized spacial score (nSPS) is 14.9. The van der Waals surface area contributed by atoms with Crippen molar-refractivity contribution in [2.24, 2.45) is 9.98 Å². The number of aliphatic hydroxyl groups is 1. The van der Waals surface area contributed by atoms with Crippen LogP contribution in [-0.4, -0.2) is 23.6 Å². The van der Waals surface area contributed by atoms with Gasteiger partial charge in [0.25, 0.3) is 0 Å². The van der Waals surface area contributed by atoms with Gasteiger partial charge >= 0.3 is 0 Å². The van der Waals surface area contributed by atoms with Crippen LogP contribution >= 0.6 is 0 Å². The maximum Gasteiger partial charge on any atom is 0.243 e. The van der Waals surface area contributed by atoms with Gasteiger partial charge in [0, 0.05) is 0 Å². The Kier molecular flexibility index (Phi) is 14.4. The van der Waals surface area contributed by atoms with Gasteiger partial charge in [0.05, 0.1) is 12.5 Å². The van der Waals surface area contributed by atoms with Crippen molar-refractivity contribution in [3.05, 3.63) is 18.3 Å². The summed E-state index contributed by atoms with van der Waals surface area (Å²) < 4.78 is 0.